The molecular weight excluding hydrogens is 418 g/mol. The predicted octanol–water partition coefficient (Wildman–Crippen LogP) is 6.28. The van der Waals surface area contributed by atoms with E-state index in [0.717, 1.165) is 27.2 Å². The van der Waals surface area contributed by atoms with E-state index in [0.29, 0.717) is 29.9 Å². The van der Waals surface area contributed by atoms with Gasteiger partial charge >= 0.3 is 0 Å². The van der Waals surface area contributed by atoms with E-state index in [1.165, 1.54) is 0 Å². The van der Waals surface area contributed by atoms with Crippen LogP contribution in [0.5, 0.6) is 0 Å². The highest BCUT2D eigenvalue weighted by atomic mass is 32.1. The van der Waals surface area contributed by atoms with E-state index in [1.54, 1.807) is 23.5 Å². The second-order valence-corrected chi connectivity index (χ2v) is 8.31. The van der Waals surface area contributed by atoms with Gasteiger partial charge in [-0.05, 0) is 30.7 Å². The fourth-order valence-corrected chi connectivity index (χ4v) is 4.48. The summed E-state index contributed by atoms with van der Waals surface area (Å²) in [6.45, 7) is 3.18. The highest BCUT2D eigenvalue weighted by Crippen LogP contribution is 2.33. The van der Waals surface area contributed by atoms with Crippen LogP contribution in [-0.4, -0.2) is 27.5 Å². The second-order valence-electron chi connectivity index (χ2n) is 7.45. The number of carbonyl (C=O) groups is 1. The van der Waals surface area contributed by atoms with E-state index in [-0.39, 0.29) is 5.91 Å². The normalized spacial score (nSPS) is 11.0. The van der Waals surface area contributed by atoms with Crippen LogP contribution in [0, 0.1) is 0 Å². The molecular formula is C26H21N3O2S. The van der Waals surface area contributed by atoms with Crippen molar-refractivity contribution in [2.75, 3.05) is 6.54 Å². The Morgan fingerprint density at radius 2 is 1.75 bits per heavy atom. The van der Waals surface area contributed by atoms with Crippen molar-refractivity contribution >= 4 is 28.2 Å². The molecule has 0 unspecified atom stereocenters. The van der Waals surface area contributed by atoms with Gasteiger partial charge in [0.15, 0.2) is 5.58 Å². The number of nitrogens with zero attached hydrogens (tertiary/aromatic N) is 3. The first-order valence-electron chi connectivity index (χ1n) is 10.5. The van der Waals surface area contributed by atoms with Crippen LogP contribution in [0.4, 0.5) is 0 Å². The molecule has 0 spiro atoms. The summed E-state index contributed by atoms with van der Waals surface area (Å²) in [5, 5.41) is 7.93. The summed E-state index contributed by atoms with van der Waals surface area (Å²) in [5.74, 6) is -0.0198. The van der Waals surface area contributed by atoms with Gasteiger partial charge in [-0.1, -0.05) is 65.8 Å². The zero-order valence-electron chi connectivity index (χ0n) is 17.6. The van der Waals surface area contributed by atoms with E-state index in [2.05, 4.69) is 5.16 Å². The zero-order valence-corrected chi connectivity index (χ0v) is 18.4. The molecule has 2 heterocycles. The van der Waals surface area contributed by atoms with Gasteiger partial charge in [-0.25, -0.2) is 4.98 Å². The Kier molecular flexibility index (Phi) is 5.52. The van der Waals surface area contributed by atoms with Gasteiger partial charge in [-0.3, -0.25) is 4.79 Å². The maximum absolute atomic E-state index is 13.2. The predicted molar refractivity (Wildman–Crippen MR) is 127 cm³/mol. The number of amides is 1. The highest BCUT2D eigenvalue weighted by Gasteiger charge is 2.19. The third-order valence-electron chi connectivity index (χ3n) is 5.37. The van der Waals surface area contributed by atoms with Gasteiger partial charge in [0, 0.05) is 29.6 Å². The van der Waals surface area contributed by atoms with Crippen molar-refractivity contribution in [2.45, 2.75) is 13.5 Å². The Labute approximate surface area is 189 Å². The van der Waals surface area contributed by atoms with Gasteiger partial charge in [0.1, 0.15) is 16.4 Å². The Balaban J connectivity index is 1.46. The molecule has 5 nitrogen and oxygen atoms in total. The standard InChI is InChI=1S/C26H21N3O2S/c1-2-29(16-18-9-5-3-6-10-18)26(30)20-13-14-23-21(15-20)24(28-31-23)22-17-32-25(27-22)19-11-7-4-8-12-19/h3-15,17H,2,16H2,1H3. The molecule has 0 saturated carbocycles. The van der Waals surface area contributed by atoms with Crippen LogP contribution in [0.2, 0.25) is 0 Å². The van der Waals surface area contributed by atoms with E-state index in [9.17, 15) is 4.79 Å². The van der Waals surface area contributed by atoms with Crippen LogP contribution in [0.1, 0.15) is 22.8 Å². The first kappa shape index (κ1) is 20.2. The summed E-state index contributed by atoms with van der Waals surface area (Å²) in [7, 11) is 0. The molecule has 32 heavy (non-hydrogen) atoms. The molecule has 0 N–H and O–H groups in total. The summed E-state index contributed by atoms with van der Waals surface area (Å²) in [5.41, 5.74) is 4.81. The smallest absolute Gasteiger partial charge is 0.254 e. The number of benzene rings is 3. The van der Waals surface area contributed by atoms with Crippen molar-refractivity contribution in [3.8, 4) is 22.0 Å². The van der Waals surface area contributed by atoms with Crippen molar-refractivity contribution in [1.82, 2.24) is 15.0 Å². The van der Waals surface area contributed by atoms with Crippen LogP contribution in [0.3, 0.4) is 0 Å². The fourth-order valence-electron chi connectivity index (χ4n) is 3.67. The summed E-state index contributed by atoms with van der Waals surface area (Å²) >= 11 is 1.56. The monoisotopic (exact) mass is 439 g/mol. The summed E-state index contributed by atoms with van der Waals surface area (Å²) in [6, 6.07) is 25.5. The van der Waals surface area contributed by atoms with E-state index < -0.39 is 0 Å². The maximum atomic E-state index is 13.2. The van der Waals surface area contributed by atoms with Gasteiger partial charge in [0.2, 0.25) is 0 Å². The SMILES string of the molecule is CCN(Cc1ccccc1)C(=O)c1ccc2onc(-c3csc(-c4ccccc4)n3)c2c1. The number of rotatable bonds is 6. The molecule has 158 valence electrons. The molecule has 5 aromatic rings. The van der Waals surface area contributed by atoms with Crippen LogP contribution in [0.15, 0.2) is 88.8 Å². The molecule has 5 rings (SSSR count). The molecule has 0 radical (unpaired) electrons. The molecule has 6 heteroatoms. The molecule has 0 aliphatic carbocycles. The zero-order chi connectivity index (χ0) is 21.9. The van der Waals surface area contributed by atoms with E-state index in [4.69, 9.17) is 9.51 Å². The minimum atomic E-state index is -0.0198. The minimum absolute atomic E-state index is 0.0198. The quantitative estimate of drug-likeness (QED) is 0.312. The Hall–Kier alpha value is -3.77. The number of aromatic nitrogens is 2. The molecule has 0 fully saturated rings. The summed E-state index contributed by atoms with van der Waals surface area (Å²) in [6.07, 6.45) is 0. The molecule has 0 atom stereocenters. The van der Waals surface area contributed by atoms with Gasteiger partial charge < -0.3 is 9.42 Å². The average Bonchev–Trinajstić information content (AvgIpc) is 3.50. The average molecular weight is 440 g/mol. The van der Waals surface area contributed by atoms with Crippen molar-refractivity contribution in [2.24, 2.45) is 0 Å². The van der Waals surface area contributed by atoms with E-state index >= 15 is 0 Å². The second kappa shape index (κ2) is 8.77. The highest BCUT2D eigenvalue weighted by molar-refractivity contribution is 7.13. The number of carbonyl (C=O) groups excluding carboxylic acids is 1. The Morgan fingerprint density at radius 1 is 1.00 bits per heavy atom. The minimum Gasteiger partial charge on any atom is -0.356 e. The lowest BCUT2D eigenvalue weighted by molar-refractivity contribution is 0.0753. The topological polar surface area (TPSA) is 59.2 Å². The molecule has 0 aliphatic heterocycles. The van der Waals surface area contributed by atoms with Gasteiger partial charge in [0.05, 0.1) is 5.39 Å². The van der Waals surface area contributed by atoms with E-state index in [1.807, 2.05) is 83.9 Å². The lowest BCUT2D eigenvalue weighted by Gasteiger charge is -2.21. The lowest BCUT2D eigenvalue weighted by atomic mass is 10.1. The molecule has 3 aromatic carbocycles. The number of hydrogen-bond donors (Lipinski definition) is 0. The van der Waals surface area contributed by atoms with Crippen LogP contribution < -0.4 is 0 Å². The number of hydrogen-bond acceptors (Lipinski definition) is 5. The van der Waals surface area contributed by atoms with Gasteiger partial charge in [0.25, 0.3) is 5.91 Å². The lowest BCUT2D eigenvalue weighted by Crippen LogP contribution is -2.30. The molecule has 2 aromatic heterocycles. The maximum Gasteiger partial charge on any atom is 0.254 e. The van der Waals surface area contributed by atoms with Crippen molar-refractivity contribution in [1.29, 1.82) is 0 Å². The molecule has 1 amide bonds. The van der Waals surface area contributed by atoms with Gasteiger partial charge in [-0.15, -0.1) is 11.3 Å². The first-order chi connectivity index (χ1) is 15.7. The van der Waals surface area contributed by atoms with Crippen LogP contribution >= 0.6 is 11.3 Å². The summed E-state index contributed by atoms with van der Waals surface area (Å²) in [4.78, 5) is 19.8. The third-order valence-corrected chi connectivity index (χ3v) is 6.26. The fraction of sp³-hybridized carbons (Fsp3) is 0.115. The molecule has 0 bridgehead atoms. The largest absolute Gasteiger partial charge is 0.356 e. The van der Waals surface area contributed by atoms with Gasteiger partial charge in [-0.2, -0.15) is 0 Å². The van der Waals surface area contributed by atoms with Crippen molar-refractivity contribution in [3.63, 3.8) is 0 Å². The van der Waals surface area contributed by atoms with Crippen LogP contribution in [-0.2, 0) is 6.54 Å². The Morgan fingerprint density at radius 3 is 2.50 bits per heavy atom. The molecule has 0 saturated heterocycles. The Bertz CT molecular complexity index is 1360. The third kappa shape index (κ3) is 3.92. The summed E-state index contributed by atoms with van der Waals surface area (Å²) < 4.78 is 5.53. The van der Waals surface area contributed by atoms with Crippen LogP contribution in [0.25, 0.3) is 32.9 Å². The number of thiazole rings is 1. The first-order valence-corrected chi connectivity index (χ1v) is 11.3. The number of fused-ring (bicyclic) bond motifs is 1. The molecule has 0 aliphatic rings. The van der Waals surface area contributed by atoms with Crippen molar-refractivity contribution < 1.29 is 9.32 Å². The van der Waals surface area contributed by atoms with Crippen molar-refractivity contribution in [3.05, 3.63) is 95.4 Å².